The van der Waals surface area contributed by atoms with Crippen molar-refractivity contribution in [1.82, 2.24) is 19.5 Å². The van der Waals surface area contributed by atoms with Crippen LogP contribution in [0.5, 0.6) is 0 Å². The lowest BCUT2D eigenvalue weighted by atomic mass is 10.2. The van der Waals surface area contributed by atoms with Crippen LogP contribution >= 0.6 is 11.5 Å². The van der Waals surface area contributed by atoms with Crippen LogP contribution in [0.3, 0.4) is 0 Å². The smallest absolute Gasteiger partial charge is 0.275 e. The highest BCUT2D eigenvalue weighted by Crippen LogP contribution is 2.06. The van der Waals surface area contributed by atoms with Crippen molar-refractivity contribution in [2.24, 2.45) is 0 Å². The molecule has 0 fully saturated rings. The molecule has 0 spiro atoms. The average Bonchev–Trinajstić information content (AvgIpc) is 2.83. The zero-order chi connectivity index (χ0) is 11.4. The fourth-order valence-corrected chi connectivity index (χ4v) is 1.72. The number of carbonyl (C=O) groups is 1. The second-order valence-corrected chi connectivity index (χ2v) is 3.92. The Kier molecular flexibility index (Phi) is 3.21. The van der Waals surface area contributed by atoms with Crippen molar-refractivity contribution in [1.29, 1.82) is 0 Å². The van der Waals surface area contributed by atoms with Gasteiger partial charge in [-0.2, -0.15) is 0 Å². The average molecular weight is 234 g/mol. The van der Waals surface area contributed by atoms with Crippen molar-refractivity contribution in [2.45, 2.75) is 6.54 Å². The first-order chi connectivity index (χ1) is 7.77. The lowest BCUT2D eigenvalue weighted by Gasteiger charge is -2.15. The summed E-state index contributed by atoms with van der Waals surface area (Å²) in [5, 5.41) is 5.39. The quantitative estimate of drug-likeness (QED) is 0.800. The van der Waals surface area contributed by atoms with E-state index in [-0.39, 0.29) is 5.91 Å². The van der Waals surface area contributed by atoms with Crippen molar-refractivity contribution in [2.75, 3.05) is 7.05 Å². The second-order valence-electron chi connectivity index (χ2n) is 3.31. The van der Waals surface area contributed by atoms with Gasteiger partial charge in [0.15, 0.2) is 5.69 Å². The maximum Gasteiger partial charge on any atom is 0.275 e. The fourth-order valence-electron chi connectivity index (χ4n) is 1.29. The lowest BCUT2D eigenvalue weighted by molar-refractivity contribution is 0.0779. The topological polar surface area (TPSA) is 59.0 Å². The number of hydrogen-bond acceptors (Lipinski definition) is 5. The molecule has 0 atom stereocenters. The van der Waals surface area contributed by atoms with Crippen LogP contribution in [0.15, 0.2) is 29.9 Å². The summed E-state index contributed by atoms with van der Waals surface area (Å²) in [4.78, 5) is 17.4. The van der Waals surface area contributed by atoms with E-state index in [1.54, 1.807) is 29.7 Å². The van der Waals surface area contributed by atoms with Crippen molar-refractivity contribution in [3.05, 3.63) is 41.2 Å². The van der Waals surface area contributed by atoms with E-state index in [0.717, 1.165) is 5.56 Å². The van der Waals surface area contributed by atoms with Gasteiger partial charge in [-0.3, -0.25) is 9.78 Å². The van der Waals surface area contributed by atoms with Crippen molar-refractivity contribution in [3.8, 4) is 0 Å². The van der Waals surface area contributed by atoms with Gasteiger partial charge >= 0.3 is 0 Å². The molecule has 2 aromatic rings. The van der Waals surface area contributed by atoms with Gasteiger partial charge in [0.25, 0.3) is 5.91 Å². The number of carbonyl (C=O) groups excluding carboxylic acids is 1. The van der Waals surface area contributed by atoms with Crippen LogP contribution in [0.4, 0.5) is 0 Å². The Morgan fingerprint density at radius 2 is 2.19 bits per heavy atom. The summed E-state index contributed by atoms with van der Waals surface area (Å²) in [6, 6.07) is 3.76. The minimum Gasteiger partial charge on any atom is -0.336 e. The first kappa shape index (κ1) is 10.7. The third-order valence-electron chi connectivity index (χ3n) is 2.09. The Labute approximate surface area is 96.9 Å². The molecular weight excluding hydrogens is 224 g/mol. The molecule has 5 nitrogen and oxygen atoms in total. The molecule has 1 amide bonds. The third kappa shape index (κ3) is 2.40. The molecular formula is C10H10N4OS. The molecule has 0 aliphatic carbocycles. The molecule has 2 rings (SSSR count). The van der Waals surface area contributed by atoms with Crippen molar-refractivity contribution in [3.63, 3.8) is 0 Å². The van der Waals surface area contributed by atoms with Crippen LogP contribution < -0.4 is 0 Å². The second kappa shape index (κ2) is 4.80. The SMILES string of the molecule is CN(Cc1ccncc1)C(=O)c1csnn1. The number of aromatic nitrogens is 3. The standard InChI is InChI=1S/C10H10N4OS/c1-14(6-8-2-4-11-5-3-8)10(15)9-7-16-13-12-9/h2-5,7H,6H2,1H3. The van der Waals surface area contributed by atoms with Gasteiger partial charge in [-0.05, 0) is 29.2 Å². The molecule has 0 saturated carbocycles. The van der Waals surface area contributed by atoms with E-state index in [4.69, 9.17) is 0 Å². The van der Waals surface area contributed by atoms with Gasteiger partial charge in [0.2, 0.25) is 0 Å². The van der Waals surface area contributed by atoms with E-state index in [9.17, 15) is 4.79 Å². The summed E-state index contributed by atoms with van der Waals surface area (Å²) in [7, 11) is 1.74. The molecule has 16 heavy (non-hydrogen) atoms. The van der Waals surface area contributed by atoms with E-state index in [1.807, 2.05) is 12.1 Å². The molecule has 0 radical (unpaired) electrons. The van der Waals surface area contributed by atoms with E-state index in [0.29, 0.717) is 12.2 Å². The Hall–Kier alpha value is -1.82. The van der Waals surface area contributed by atoms with Crippen molar-refractivity contribution >= 4 is 17.4 Å². The molecule has 0 aliphatic rings. The Bertz CT molecular complexity index is 457. The fraction of sp³-hybridized carbons (Fsp3) is 0.200. The monoisotopic (exact) mass is 234 g/mol. The maximum atomic E-state index is 11.8. The normalized spacial score (nSPS) is 10.1. The number of hydrogen-bond donors (Lipinski definition) is 0. The minimum atomic E-state index is -0.120. The van der Waals surface area contributed by atoms with Crippen molar-refractivity contribution < 1.29 is 4.79 Å². The molecule has 0 aliphatic heterocycles. The van der Waals surface area contributed by atoms with E-state index < -0.39 is 0 Å². The number of pyridine rings is 1. The first-order valence-corrected chi connectivity index (χ1v) is 5.52. The highest BCUT2D eigenvalue weighted by Gasteiger charge is 2.14. The van der Waals surface area contributed by atoms with Gasteiger partial charge < -0.3 is 4.90 Å². The van der Waals surface area contributed by atoms with Crippen LogP contribution in [0.2, 0.25) is 0 Å². The van der Waals surface area contributed by atoms with E-state index >= 15 is 0 Å². The van der Waals surface area contributed by atoms with E-state index in [1.165, 1.54) is 11.5 Å². The van der Waals surface area contributed by atoms with E-state index in [2.05, 4.69) is 14.6 Å². The Morgan fingerprint density at radius 3 is 2.81 bits per heavy atom. The van der Waals surface area contributed by atoms with Crippen LogP contribution in [0.1, 0.15) is 16.1 Å². The van der Waals surface area contributed by atoms with Gasteiger partial charge in [0.1, 0.15) is 0 Å². The molecule has 6 heteroatoms. The van der Waals surface area contributed by atoms with Gasteiger partial charge in [0, 0.05) is 31.4 Å². The van der Waals surface area contributed by atoms with Crippen LogP contribution in [0.25, 0.3) is 0 Å². The van der Waals surface area contributed by atoms with Crippen LogP contribution in [-0.2, 0) is 6.54 Å². The predicted molar refractivity (Wildman–Crippen MR) is 59.9 cm³/mol. The maximum absolute atomic E-state index is 11.8. The minimum absolute atomic E-state index is 0.120. The number of nitrogens with zero attached hydrogens (tertiary/aromatic N) is 4. The molecule has 82 valence electrons. The number of amides is 1. The van der Waals surface area contributed by atoms with Gasteiger partial charge in [0.05, 0.1) is 0 Å². The summed E-state index contributed by atoms with van der Waals surface area (Å²) in [6.07, 6.45) is 3.41. The zero-order valence-electron chi connectivity index (χ0n) is 8.70. The van der Waals surface area contributed by atoms with Gasteiger partial charge in [-0.15, -0.1) is 5.10 Å². The molecule has 0 bridgehead atoms. The summed E-state index contributed by atoms with van der Waals surface area (Å²) in [6.45, 7) is 0.541. The Morgan fingerprint density at radius 1 is 1.44 bits per heavy atom. The molecule has 2 aromatic heterocycles. The molecule has 0 N–H and O–H groups in total. The Balaban J connectivity index is 2.04. The molecule has 2 heterocycles. The number of rotatable bonds is 3. The van der Waals surface area contributed by atoms with Crippen LogP contribution in [-0.4, -0.2) is 32.4 Å². The molecule has 0 aromatic carbocycles. The zero-order valence-corrected chi connectivity index (χ0v) is 9.52. The van der Waals surface area contributed by atoms with Gasteiger partial charge in [-0.25, -0.2) is 0 Å². The largest absolute Gasteiger partial charge is 0.336 e. The lowest BCUT2D eigenvalue weighted by Crippen LogP contribution is -2.26. The van der Waals surface area contributed by atoms with Gasteiger partial charge in [-0.1, -0.05) is 4.49 Å². The summed E-state index contributed by atoms with van der Waals surface area (Å²) >= 11 is 1.17. The predicted octanol–water partition coefficient (Wildman–Crippen LogP) is 1.21. The highest BCUT2D eigenvalue weighted by molar-refractivity contribution is 7.03. The molecule has 0 unspecified atom stereocenters. The summed E-state index contributed by atoms with van der Waals surface area (Å²) in [5.41, 5.74) is 1.43. The summed E-state index contributed by atoms with van der Waals surface area (Å²) in [5.74, 6) is -0.120. The first-order valence-electron chi connectivity index (χ1n) is 4.69. The van der Waals surface area contributed by atoms with Crippen LogP contribution in [0, 0.1) is 0 Å². The molecule has 0 saturated heterocycles. The summed E-state index contributed by atoms with van der Waals surface area (Å²) < 4.78 is 3.67. The third-order valence-corrected chi connectivity index (χ3v) is 2.60. The highest BCUT2D eigenvalue weighted by atomic mass is 32.1.